The van der Waals surface area contributed by atoms with Gasteiger partial charge in [-0.15, -0.1) is 0 Å². The molecular formula is C12H17BrN2O2S2. The Morgan fingerprint density at radius 2 is 2.11 bits per heavy atom. The summed E-state index contributed by atoms with van der Waals surface area (Å²) in [5.74, 6) is 0.806. The minimum absolute atomic E-state index is 0.0634. The van der Waals surface area contributed by atoms with Crippen LogP contribution in [0.4, 0.5) is 5.69 Å². The highest BCUT2D eigenvalue weighted by Crippen LogP contribution is 2.34. The maximum atomic E-state index is 12.7. The molecule has 0 atom stereocenters. The summed E-state index contributed by atoms with van der Waals surface area (Å²) in [7, 11) is -3.52. The average Bonchev–Trinajstić information content (AvgIpc) is 2.31. The topological polar surface area (TPSA) is 63.4 Å². The third-order valence-corrected chi connectivity index (χ3v) is 6.68. The fraction of sp³-hybridized carbons (Fsp3) is 0.500. The second-order valence-electron chi connectivity index (χ2n) is 5.13. The van der Waals surface area contributed by atoms with Gasteiger partial charge in [-0.1, -0.05) is 15.9 Å². The van der Waals surface area contributed by atoms with Crippen LogP contribution in [0.2, 0.25) is 0 Å². The van der Waals surface area contributed by atoms with Crippen molar-refractivity contribution >= 4 is 43.4 Å². The van der Waals surface area contributed by atoms with Crippen LogP contribution < -0.4 is 5.73 Å². The molecule has 0 spiro atoms. The lowest BCUT2D eigenvalue weighted by Crippen LogP contribution is -2.46. The van der Waals surface area contributed by atoms with E-state index in [1.54, 1.807) is 30.0 Å². The Labute approximate surface area is 126 Å². The molecule has 4 nitrogen and oxygen atoms in total. The molecule has 7 heteroatoms. The minimum Gasteiger partial charge on any atom is -0.398 e. The number of hydrogen-bond acceptors (Lipinski definition) is 4. The number of halogens is 1. The Balaban J connectivity index is 2.39. The number of hydrogen-bond donors (Lipinski definition) is 1. The third kappa shape index (κ3) is 3.26. The predicted molar refractivity (Wildman–Crippen MR) is 83.9 cm³/mol. The zero-order valence-corrected chi connectivity index (χ0v) is 14.1. The summed E-state index contributed by atoms with van der Waals surface area (Å²) < 4.78 is 27.5. The second kappa shape index (κ2) is 5.27. The number of nitrogens with two attached hydrogens (primary N) is 1. The van der Waals surface area contributed by atoms with Gasteiger partial charge < -0.3 is 5.73 Å². The Bertz CT molecular complexity index is 587. The van der Waals surface area contributed by atoms with Gasteiger partial charge in [0.05, 0.1) is 5.69 Å². The summed E-state index contributed by atoms with van der Waals surface area (Å²) in [6.07, 6.45) is 0. The molecular weight excluding hydrogens is 348 g/mol. The molecule has 1 aliphatic heterocycles. The summed E-state index contributed by atoms with van der Waals surface area (Å²) in [4.78, 5) is 0.185. The molecule has 1 aliphatic rings. The van der Waals surface area contributed by atoms with Crippen molar-refractivity contribution in [1.82, 2.24) is 4.31 Å². The van der Waals surface area contributed by atoms with Crippen molar-refractivity contribution in [3.05, 3.63) is 22.7 Å². The molecule has 0 saturated carbocycles. The molecule has 1 saturated heterocycles. The van der Waals surface area contributed by atoms with Crippen LogP contribution in [0.5, 0.6) is 0 Å². The molecule has 2 N–H and O–H groups in total. The number of benzene rings is 1. The van der Waals surface area contributed by atoms with Crippen LogP contribution in [0.25, 0.3) is 0 Å². The van der Waals surface area contributed by atoms with E-state index in [4.69, 9.17) is 5.73 Å². The van der Waals surface area contributed by atoms with E-state index >= 15 is 0 Å². The van der Waals surface area contributed by atoms with Gasteiger partial charge in [-0.2, -0.15) is 16.1 Å². The van der Waals surface area contributed by atoms with Crippen LogP contribution in [-0.2, 0) is 10.0 Å². The molecule has 1 heterocycles. The molecule has 1 aromatic carbocycles. The van der Waals surface area contributed by atoms with E-state index in [-0.39, 0.29) is 9.64 Å². The molecule has 0 bridgehead atoms. The standard InChI is InChI=1S/C12H17BrN2O2S2/c1-12(2)8-15(5-6-18-12)19(16,17)11-7-9(13)3-4-10(11)14/h3-4,7H,5-6,8,14H2,1-2H3. The Morgan fingerprint density at radius 1 is 1.42 bits per heavy atom. The van der Waals surface area contributed by atoms with Gasteiger partial charge in [0, 0.05) is 28.1 Å². The van der Waals surface area contributed by atoms with Crippen LogP contribution in [0.3, 0.4) is 0 Å². The largest absolute Gasteiger partial charge is 0.398 e. The Kier molecular flexibility index (Phi) is 4.21. The van der Waals surface area contributed by atoms with E-state index in [1.807, 2.05) is 0 Å². The lowest BCUT2D eigenvalue weighted by Gasteiger charge is -2.36. The van der Waals surface area contributed by atoms with Crippen LogP contribution in [0.15, 0.2) is 27.6 Å². The second-order valence-corrected chi connectivity index (χ2v) is 9.75. The van der Waals surface area contributed by atoms with Gasteiger partial charge in [0.25, 0.3) is 0 Å². The minimum atomic E-state index is -3.52. The van der Waals surface area contributed by atoms with Crippen LogP contribution in [0.1, 0.15) is 13.8 Å². The van der Waals surface area contributed by atoms with E-state index in [0.717, 1.165) is 5.75 Å². The van der Waals surface area contributed by atoms with Crippen LogP contribution in [-0.4, -0.2) is 36.3 Å². The predicted octanol–water partition coefficient (Wildman–Crippen LogP) is 2.55. The van der Waals surface area contributed by atoms with Crippen molar-refractivity contribution in [2.45, 2.75) is 23.5 Å². The average molecular weight is 365 g/mol. The van der Waals surface area contributed by atoms with Crippen molar-refractivity contribution < 1.29 is 8.42 Å². The Hall–Kier alpha value is -0.240. The summed E-state index contributed by atoms with van der Waals surface area (Å²) in [5, 5.41) is 0. The first-order chi connectivity index (χ1) is 8.72. The summed E-state index contributed by atoms with van der Waals surface area (Å²) in [5.41, 5.74) is 6.11. The zero-order chi connectivity index (χ0) is 14.3. The summed E-state index contributed by atoms with van der Waals surface area (Å²) >= 11 is 5.09. The number of nitrogen functional groups attached to an aromatic ring is 1. The first-order valence-electron chi connectivity index (χ1n) is 5.91. The van der Waals surface area contributed by atoms with Crippen molar-refractivity contribution in [2.24, 2.45) is 0 Å². The van der Waals surface area contributed by atoms with Gasteiger partial charge in [-0.3, -0.25) is 0 Å². The molecule has 0 amide bonds. The third-order valence-electron chi connectivity index (χ3n) is 2.98. The number of sulfonamides is 1. The fourth-order valence-corrected chi connectivity index (χ4v) is 5.61. The van der Waals surface area contributed by atoms with E-state index in [1.165, 1.54) is 4.31 Å². The highest BCUT2D eigenvalue weighted by atomic mass is 79.9. The van der Waals surface area contributed by atoms with E-state index in [2.05, 4.69) is 29.8 Å². The number of thioether (sulfide) groups is 1. The molecule has 0 aromatic heterocycles. The number of anilines is 1. The van der Waals surface area contributed by atoms with Gasteiger partial charge in [0.15, 0.2) is 0 Å². The highest BCUT2D eigenvalue weighted by Gasteiger charge is 2.35. The van der Waals surface area contributed by atoms with Gasteiger partial charge in [0.2, 0.25) is 10.0 Å². The first kappa shape index (κ1) is 15.2. The molecule has 19 heavy (non-hydrogen) atoms. The molecule has 1 aromatic rings. The van der Waals surface area contributed by atoms with E-state index < -0.39 is 10.0 Å². The van der Waals surface area contributed by atoms with Gasteiger partial charge in [-0.05, 0) is 32.0 Å². The van der Waals surface area contributed by atoms with Crippen molar-refractivity contribution in [2.75, 3.05) is 24.6 Å². The first-order valence-corrected chi connectivity index (χ1v) is 9.13. The molecule has 0 unspecified atom stereocenters. The van der Waals surface area contributed by atoms with Crippen LogP contribution in [0, 0.1) is 0 Å². The summed E-state index contributed by atoms with van der Waals surface area (Å²) in [6, 6.07) is 4.92. The molecule has 106 valence electrons. The number of nitrogens with zero attached hydrogens (tertiary/aromatic N) is 1. The van der Waals surface area contributed by atoms with E-state index in [9.17, 15) is 8.42 Å². The maximum Gasteiger partial charge on any atom is 0.245 e. The normalized spacial score (nSPS) is 20.4. The number of rotatable bonds is 2. The smallest absolute Gasteiger partial charge is 0.245 e. The monoisotopic (exact) mass is 364 g/mol. The van der Waals surface area contributed by atoms with Crippen molar-refractivity contribution in [3.8, 4) is 0 Å². The van der Waals surface area contributed by atoms with Gasteiger partial charge >= 0.3 is 0 Å². The zero-order valence-electron chi connectivity index (χ0n) is 10.9. The van der Waals surface area contributed by atoms with Crippen molar-refractivity contribution in [1.29, 1.82) is 0 Å². The molecule has 1 fully saturated rings. The highest BCUT2D eigenvalue weighted by molar-refractivity contribution is 9.10. The van der Waals surface area contributed by atoms with E-state index in [0.29, 0.717) is 23.2 Å². The molecule has 2 rings (SSSR count). The van der Waals surface area contributed by atoms with Gasteiger partial charge in [0.1, 0.15) is 4.90 Å². The quantitative estimate of drug-likeness (QED) is 0.819. The summed E-state index contributed by atoms with van der Waals surface area (Å²) in [6.45, 7) is 5.15. The van der Waals surface area contributed by atoms with Crippen LogP contribution >= 0.6 is 27.7 Å². The molecule has 0 aliphatic carbocycles. The maximum absolute atomic E-state index is 12.7. The lowest BCUT2D eigenvalue weighted by molar-refractivity contribution is 0.388. The fourth-order valence-electron chi connectivity index (χ4n) is 2.05. The SMILES string of the molecule is CC1(C)CN(S(=O)(=O)c2cc(Br)ccc2N)CCS1. The Morgan fingerprint density at radius 3 is 2.74 bits per heavy atom. The van der Waals surface area contributed by atoms with Gasteiger partial charge in [-0.25, -0.2) is 8.42 Å². The molecule has 0 radical (unpaired) electrons. The lowest BCUT2D eigenvalue weighted by atomic mass is 10.2. The van der Waals surface area contributed by atoms with Crippen molar-refractivity contribution in [3.63, 3.8) is 0 Å².